The molecular formula is C16H19FN2O3. The number of imide groups is 1. The van der Waals surface area contributed by atoms with Crippen molar-refractivity contribution in [1.29, 1.82) is 0 Å². The number of carbonyl (C=O) groups excluding carboxylic acids is 2. The number of hydrogen-bond donors (Lipinski definition) is 1. The van der Waals surface area contributed by atoms with Crippen LogP contribution in [0.2, 0.25) is 0 Å². The second-order valence-electron chi connectivity index (χ2n) is 5.86. The van der Waals surface area contributed by atoms with Gasteiger partial charge < -0.3 is 9.64 Å². The summed E-state index contributed by atoms with van der Waals surface area (Å²) in [5.74, 6) is -1.72. The summed E-state index contributed by atoms with van der Waals surface area (Å²) in [5, 5.41) is 2.26. The molecule has 2 aliphatic rings. The monoisotopic (exact) mass is 306 g/mol. The first-order chi connectivity index (χ1) is 10.5. The van der Waals surface area contributed by atoms with Crippen LogP contribution in [0.25, 0.3) is 0 Å². The number of benzene rings is 1. The van der Waals surface area contributed by atoms with Gasteiger partial charge in [-0.05, 0) is 25.8 Å². The van der Waals surface area contributed by atoms with E-state index in [1.54, 1.807) is 12.1 Å². The Balaban J connectivity index is 1.96. The average Bonchev–Trinajstić information content (AvgIpc) is 2.47. The summed E-state index contributed by atoms with van der Waals surface area (Å²) in [5.41, 5.74) is 1.01. The van der Waals surface area contributed by atoms with Crippen molar-refractivity contribution in [2.24, 2.45) is 0 Å². The lowest BCUT2D eigenvalue weighted by Gasteiger charge is -2.41. The van der Waals surface area contributed by atoms with Gasteiger partial charge >= 0.3 is 0 Å². The van der Waals surface area contributed by atoms with E-state index in [1.807, 2.05) is 0 Å². The largest absolute Gasteiger partial charge is 0.492 e. The normalized spacial score (nSPS) is 24.8. The van der Waals surface area contributed by atoms with Gasteiger partial charge in [-0.3, -0.25) is 14.9 Å². The van der Waals surface area contributed by atoms with Gasteiger partial charge in [0.1, 0.15) is 0 Å². The van der Waals surface area contributed by atoms with Gasteiger partial charge in [-0.2, -0.15) is 0 Å². The van der Waals surface area contributed by atoms with E-state index in [-0.39, 0.29) is 18.1 Å². The molecule has 6 heteroatoms. The summed E-state index contributed by atoms with van der Waals surface area (Å²) in [6, 6.07) is 3.80. The molecule has 0 aliphatic carbocycles. The van der Waals surface area contributed by atoms with E-state index in [1.165, 1.54) is 7.11 Å². The molecule has 2 fully saturated rings. The molecule has 2 unspecified atom stereocenters. The van der Waals surface area contributed by atoms with Crippen LogP contribution in [-0.4, -0.2) is 31.5 Å². The maximum Gasteiger partial charge on any atom is 0.234 e. The van der Waals surface area contributed by atoms with Gasteiger partial charge in [-0.15, -0.1) is 0 Å². The van der Waals surface area contributed by atoms with Crippen LogP contribution in [0.1, 0.15) is 37.7 Å². The van der Waals surface area contributed by atoms with Crippen molar-refractivity contribution in [3.63, 3.8) is 0 Å². The van der Waals surface area contributed by atoms with Crippen LogP contribution in [0.15, 0.2) is 12.1 Å². The summed E-state index contributed by atoms with van der Waals surface area (Å²) in [7, 11) is 1.43. The van der Waals surface area contributed by atoms with Crippen molar-refractivity contribution in [2.45, 2.75) is 38.1 Å². The first-order valence-electron chi connectivity index (χ1n) is 7.49. The summed E-state index contributed by atoms with van der Waals surface area (Å²) in [6.07, 6.45) is 1.62. The zero-order valence-electron chi connectivity index (χ0n) is 12.7. The van der Waals surface area contributed by atoms with Gasteiger partial charge in [0.2, 0.25) is 11.8 Å². The molecule has 2 heterocycles. The number of nitrogens with zero attached hydrogens (tertiary/aromatic N) is 1. The molecule has 3 rings (SSSR count). The van der Waals surface area contributed by atoms with Crippen molar-refractivity contribution >= 4 is 17.5 Å². The predicted molar refractivity (Wildman–Crippen MR) is 79.5 cm³/mol. The molecule has 2 aliphatic heterocycles. The number of halogens is 1. The summed E-state index contributed by atoms with van der Waals surface area (Å²) in [4.78, 5) is 25.3. The molecule has 2 amide bonds. The van der Waals surface area contributed by atoms with Crippen molar-refractivity contribution in [2.75, 3.05) is 18.6 Å². The van der Waals surface area contributed by atoms with Crippen LogP contribution in [0.3, 0.4) is 0 Å². The molecule has 22 heavy (non-hydrogen) atoms. The van der Waals surface area contributed by atoms with E-state index in [0.29, 0.717) is 18.0 Å². The third-order valence-corrected chi connectivity index (χ3v) is 4.55. The fraction of sp³-hybridized carbons (Fsp3) is 0.500. The Hall–Kier alpha value is -2.11. The second kappa shape index (κ2) is 5.59. The van der Waals surface area contributed by atoms with Crippen LogP contribution >= 0.6 is 0 Å². The minimum Gasteiger partial charge on any atom is -0.492 e. The fourth-order valence-electron chi connectivity index (χ4n) is 3.12. The minimum atomic E-state index is -0.644. The summed E-state index contributed by atoms with van der Waals surface area (Å²) < 4.78 is 20.1. The number of anilines is 1. The highest BCUT2D eigenvalue weighted by Crippen LogP contribution is 2.40. The topological polar surface area (TPSA) is 58.6 Å². The lowest BCUT2D eigenvalue weighted by Crippen LogP contribution is -2.46. The molecule has 2 atom stereocenters. The number of carbonyl (C=O) groups is 2. The molecule has 0 bridgehead atoms. The standard InChI is InChI=1S/C16H19FN2O3/c1-9-7-8-19(9)12-5-3-10(14(17)15(12)22-2)11-4-6-13(20)18-16(11)21/h3,5,9,11H,4,6-8H2,1-2H3,(H,18,20,21). The molecule has 0 aromatic heterocycles. The average molecular weight is 306 g/mol. The Bertz CT molecular complexity index is 632. The van der Waals surface area contributed by atoms with E-state index in [9.17, 15) is 14.0 Å². The van der Waals surface area contributed by atoms with Crippen molar-refractivity contribution in [3.05, 3.63) is 23.5 Å². The highest BCUT2D eigenvalue weighted by molar-refractivity contribution is 6.01. The molecular weight excluding hydrogens is 287 g/mol. The summed E-state index contributed by atoms with van der Waals surface area (Å²) >= 11 is 0. The molecule has 0 spiro atoms. The fourth-order valence-corrected chi connectivity index (χ4v) is 3.12. The molecule has 0 saturated carbocycles. The smallest absolute Gasteiger partial charge is 0.234 e. The first kappa shape index (κ1) is 14.8. The van der Waals surface area contributed by atoms with Gasteiger partial charge in [0.25, 0.3) is 0 Å². The number of nitrogens with one attached hydrogen (secondary N) is 1. The van der Waals surface area contributed by atoms with Crippen LogP contribution in [0.4, 0.5) is 10.1 Å². The number of hydrogen-bond acceptors (Lipinski definition) is 4. The van der Waals surface area contributed by atoms with E-state index in [2.05, 4.69) is 17.1 Å². The van der Waals surface area contributed by atoms with Crippen molar-refractivity contribution in [3.8, 4) is 5.75 Å². The third-order valence-electron chi connectivity index (χ3n) is 4.55. The Morgan fingerprint density at radius 2 is 2.09 bits per heavy atom. The summed E-state index contributed by atoms with van der Waals surface area (Å²) in [6.45, 7) is 2.95. The molecule has 5 nitrogen and oxygen atoms in total. The van der Waals surface area contributed by atoms with Crippen LogP contribution < -0.4 is 15.0 Å². The van der Waals surface area contributed by atoms with Gasteiger partial charge in [-0.25, -0.2) is 4.39 Å². The first-order valence-corrected chi connectivity index (χ1v) is 7.49. The molecule has 1 N–H and O–H groups in total. The Kier molecular flexibility index (Phi) is 3.76. The van der Waals surface area contributed by atoms with Crippen molar-refractivity contribution < 1.29 is 18.7 Å². The number of ether oxygens (including phenoxy) is 1. The SMILES string of the molecule is COc1c(N2CCC2C)ccc(C2CCC(=O)NC2=O)c1F. The maximum absolute atomic E-state index is 14.8. The predicted octanol–water partition coefficient (Wildman–Crippen LogP) is 1.95. The van der Waals surface area contributed by atoms with Gasteiger partial charge in [-0.1, -0.05) is 6.07 Å². The molecule has 2 saturated heterocycles. The van der Waals surface area contributed by atoms with Gasteiger partial charge in [0, 0.05) is 24.6 Å². The zero-order valence-corrected chi connectivity index (χ0v) is 12.7. The van der Waals surface area contributed by atoms with E-state index >= 15 is 0 Å². The molecule has 1 aromatic carbocycles. The van der Waals surface area contributed by atoms with Gasteiger partial charge in [0.05, 0.1) is 18.7 Å². The van der Waals surface area contributed by atoms with Gasteiger partial charge in [0.15, 0.2) is 11.6 Å². The highest BCUT2D eigenvalue weighted by Gasteiger charge is 2.33. The van der Waals surface area contributed by atoms with Crippen LogP contribution in [0, 0.1) is 5.82 Å². The number of amides is 2. The second-order valence-corrected chi connectivity index (χ2v) is 5.86. The zero-order chi connectivity index (χ0) is 15.9. The third kappa shape index (κ3) is 2.32. The number of methoxy groups -OCH3 is 1. The lowest BCUT2D eigenvalue weighted by molar-refractivity contribution is -0.134. The number of rotatable bonds is 3. The Labute approximate surface area is 128 Å². The molecule has 118 valence electrons. The molecule has 1 aromatic rings. The Morgan fingerprint density at radius 3 is 2.64 bits per heavy atom. The van der Waals surface area contributed by atoms with Crippen LogP contribution in [-0.2, 0) is 9.59 Å². The van der Waals surface area contributed by atoms with E-state index < -0.39 is 17.6 Å². The van der Waals surface area contributed by atoms with E-state index in [4.69, 9.17) is 4.74 Å². The van der Waals surface area contributed by atoms with Crippen LogP contribution in [0.5, 0.6) is 5.75 Å². The highest BCUT2D eigenvalue weighted by atomic mass is 19.1. The molecule has 0 radical (unpaired) electrons. The number of piperidine rings is 1. The quantitative estimate of drug-likeness (QED) is 0.867. The maximum atomic E-state index is 14.8. The van der Waals surface area contributed by atoms with Crippen molar-refractivity contribution in [1.82, 2.24) is 5.32 Å². The Morgan fingerprint density at radius 1 is 1.32 bits per heavy atom. The van der Waals surface area contributed by atoms with E-state index in [0.717, 1.165) is 18.7 Å². The lowest BCUT2D eigenvalue weighted by atomic mass is 9.89. The minimum absolute atomic E-state index is 0.175.